The van der Waals surface area contributed by atoms with E-state index in [1.165, 1.54) is 24.3 Å². The van der Waals surface area contributed by atoms with Gasteiger partial charge in [-0.2, -0.15) is 0 Å². The average molecular weight is 444 g/mol. The van der Waals surface area contributed by atoms with Crippen LogP contribution in [0.4, 0.5) is 8.78 Å². The molecule has 1 fully saturated rings. The molecule has 5 nitrogen and oxygen atoms in total. The molecule has 1 heterocycles. The number of nitrogens with one attached hydrogen (secondary N) is 1. The molecule has 0 radical (unpaired) electrons. The van der Waals surface area contributed by atoms with E-state index in [0.29, 0.717) is 26.2 Å². The molecule has 1 unspecified atom stereocenters. The number of piperazine rings is 1. The lowest BCUT2D eigenvalue weighted by Gasteiger charge is -2.40. The molecule has 1 aliphatic heterocycles. The smallest absolute Gasteiger partial charge is 0.244 e. The summed E-state index contributed by atoms with van der Waals surface area (Å²) in [5.74, 6) is -0.895. The van der Waals surface area contributed by atoms with Crippen LogP contribution in [0, 0.1) is 17.0 Å². The number of benzene rings is 2. The SMILES string of the molecule is CC(NC(=O)C(C)(C)C)C(=O)N1CCN(C(c2ccc(F)cc2)c2ccc(F)cc2)CC1. The number of halogens is 2. The minimum atomic E-state index is -0.599. The maximum atomic E-state index is 13.5. The molecule has 0 saturated carbocycles. The fourth-order valence-corrected chi connectivity index (χ4v) is 3.85. The van der Waals surface area contributed by atoms with Crippen LogP contribution in [-0.2, 0) is 9.59 Å². The van der Waals surface area contributed by atoms with Gasteiger partial charge in [-0.05, 0) is 42.3 Å². The van der Waals surface area contributed by atoms with Gasteiger partial charge in [-0.1, -0.05) is 45.0 Å². The van der Waals surface area contributed by atoms with Crippen molar-refractivity contribution in [2.24, 2.45) is 5.41 Å². The highest BCUT2D eigenvalue weighted by atomic mass is 19.1. The monoisotopic (exact) mass is 443 g/mol. The fourth-order valence-electron chi connectivity index (χ4n) is 3.85. The van der Waals surface area contributed by atoms with Gasteiger partial charge in [0, 0.05) is 31.6 Å². The maximum absolute atomic E-state index is 13.5. The zero-order valence-corrected chi connectivity index (χ0v) is 19.1. The third kappa shape index (κ3) is 5.71. The molecule has 0 aromatic heterocycles. The molecule has 2 amide bonds. The van der Waals surface area contributed by atoms with Gasteiger partial charge < -0.3 is 10.2 Å². The summed E-state index contributed by atoms with van der Waals surface area (Å²) in [7, 11) is 0. The lowest BCUT2D eigenvalue weighted by molar-refractivity contribution is -0.139. The van der Waals surface area contributed by atoms with E-state index in [1.54, 1.807) is 36.1 Å². The average Bonchev–Trinajstić information content (AvgIpc) is 2.76. The summed E-state index contributed by atoms with van der Waals surface area (Å²) in [5, 5.41) is 2.80. The summed E-state index contributed by atoms with van der Waals surface area (Å²) in [4.78, 5) is 29.1. The van der Waals surface area contributed by atoms with Crippen molar-refractivity contribution in [3.8, 4) is 0 Å². The molecule has 0 bridgehead atoms. The van der Waals surface area contributed by atoms with E-state index < -0.39 is 11.5 Å². The van der Waals surface area contributed by atoms with Crippen molar-refractivity contribution in [1.82, 2.24) is 15.1 Å². The molecule has 1 saturated heterocycles. The van der Waals surface area contributed by atoms with Crippen molar-refractivity contribution < 1.29 is 18.4 Å². The van der Waals surface area contributed by atoms with Crippen LogP contribution in [0.15, 0.2) is 48.5 Å². The molecule has 3 rings (SSSR count). The number of amides is 2. The molecule has 0 aliphatic carbocycles. The van der Waals surface area contributed by atoms with Gasteiger partial charge in [-0.15, -0.1) is 0 Å². The van der Waals surface area contributed by atoms with Gasteiger partial charge in [-0.25, -0.2) is 8.78 Å². The van der Waals surface area contributed by atoms with Crippen LogP contribution in [0.1, 0.15) is 44.9 Å². The molecule has 1 N–H and O–H groups in total. The predicted octanol–water partition coefficient (Wildman–Crippen LogP) is 3.75. The lowest BCUT2D eigenvalue weighted by Crippen LogP contribution is -2.55. The van der Waals surface area contributed by atoms with Crippen LogP contribution >= 0.6 is 0 Å². The Labute approximate surface area is 188 Å². The molecule has 1 atom stereocenters. The summed E-state index contributed by atoms with van der Waals surface area (Å²) in [5.41, 5.74) is 1.25. The quantitative estimate of drug-likeness (QED) is 0.766. The zero-order chi connectivity index (χ0) is 23.5. The summed E-state index contributed by atoms with van der Waals surface area (Å²) in [6.45, 7) is 9.35. The summed E-state index contributed by atoms with van der Waals surface area (Å²) < 4.78 is 27.0. The van der Waals surface area contributed by atoms with Crippen molar-refractivity contribution in [2.75, 3.05) is 26.2 Å². The third-order valence-corrected chi connectivity index (χ3v) is 5.76. The Balaban J connectivity index is 1.71. The van der Waals surface area contributed by atoms with E-state index in [4.69, 9.17) is 0 Å². The number of carbonyl (C=O) groups is 2. The number of nitrogens with zero attached hydrogens (tertiary/aromatic N) is 2. The van der Waals surface area contributed by atoms with E-state index in [0.717, 1.165) is 11.1 Å². The van der Waals surface area contributed by atoms with Gasteiger partial charge in [0.15, 0.2) is 0 Å². The van der Waals surface area contributed by atoms with Crippen molar-refractivity contribution in [3.63, 3.8) is 0 Å². The van der Waals surface area contributed by atoms with Gasteiger partial charge in [0.05, 0.1) is 6.04 Å². The Hall–Kier alpha value is -2.80. The van der Waals surface area contributed by atoms with E-state index >= 15 is 0 Å². The second kappa shape index (κ2) is 9.77. The second-order valence-electron chi connectivity index (χ2n) is 9.31. The van der Waals surface area contributed by atoms with E-state index in [2.05, 4.69) is 10.2 Å². The summed E-state index contributed by atoms with van der Waals surface area (Å²) >= 11 is 0. The van der Waals surface area contributed by atoms with Crippen molar-refractivity contribution >= 4 is 11.8 Å². The van der Waals surface area contributed by atoms with E-state index in [-0.39, 0.29) is 29.5 Å². The molecule has 32 heavy (non-hydrogen) atoms. The van der Waals surface area contributed by atoms with Crippen LogP contribution in [0.3, 0.4) is 0 Å². The van der Waals surface area contributed by atoms with Gasteiger partial charge >= 0.3 is 0 Å². The number of rotatable bonds is 5. The molecule has 2 aromatic rings. The summed E-state index contributed by atoms with van der Waals surface area (Å²) in [6.07, 6.45) is 0. The highest BCUT2D eigenvalue weighted by molar-refractivity contribution is 5.89. The first-order valence-electron chi connectivity index (χ1n) is 10.9. The first-order valence-corrected chi connectivity index (χ1v) is 10.9. The van der Waals surface area contributed by atoms with E-state index in [9.17, 15) is 18.4 Å². The van der Waals surface area contributed by atoms with Crippen LogP contribution in [-0.4, -0.2) is 53.8 Å². The Morgan fingerprint density at radius 3 is 1.69 bits per heavy atom. The Kier molecular flexibility index (Phi) is 7.29. The first kappa shape index (κ1) is 23.9. The number of hydrogen-bond donors (Lipinski definition) is 1. The zero-order valence-electron chi connectivity index (χ0n) is 19.1. The maximum Gasteiger partial charge on any atom is 0.244 e. The number of carbonyl (C=O) groups excluding carboxylic acids is 2. The molecular weight excluding hydrogens is 412 g/mol. The molecule has 7 heteroatoms. The molecule has 1 aliphatic rings. The Bertz CT molecular complexity index is 886. The largest absolute Gasteiger partial charge is 0.344 e. The molecular formula is C25H31F2N3O2. The van der Waals surface area contributed by atoms with Crippen LogP contribution in [0.2, 0.25) is 0 Å². The van der Waals surface area contributed by atoms with Crippen LogP contribution < -0.4 is 5.32 Å². The van der Waals surface area contributed by atoms with Gasteiger partial charge in [-0.3, -0.25) is 14.5 Å². The van der Waals surface area contributed by atoms with Crippen LogP contribution in [0.25, 0.3) is 0 Å². The minimum absolute atomic E-state index is 0.109. The van der Waals surface area contributed by atoms with Crippen molar-refractivity contribution in [3.05, 3.63) is 71.3 Å². The topological polar surface area (TPSA) is 52.7 Å². The van der Waals surface area contributed by atoms with Gasteiger partial charge in [0.25, 0.3) is 0 Å². The highest BCUT2D eigenvalue weighted by Crippen LogP contribution is 2.30. The van der Waals surface area contributed by atoms with Crippen LogP contribution in [0.5, 0.6) is 0 Å². The second-order valence-corrected chi connectivity index (χ2v) is 9.31. The first-order chi connectivity index (χ1) is 15.1. The van der Waals surface area contributed by atoms with E-state index in [1.807, 2.05) is 20.8 Å². The summed E-state index contributed by atoms with van der Waals surface area (Å²) in [6, 6.07) is 11.9. The molecule has 172 valence electrons. The predicted molar refractivity (Wildman–Crippen MR) is 120 cm³/mol. The highest BCUT2D eigenvalue weighted by Gasteiger charge is 2.31. The Morgan fingerprint density at radius 2 is 1.28 bits per heavy atom. The lowest BCUT2D eigenvalue weighted by atomic mass is 9.95. The normalized spacial score (nSPS) is 16.2. The van der Waals surface area contributed by atoms with Crippen molar-refractivity contribution in [2.45, 2.75) is 39.8 Å². The van der Waals surface area contributed by atoms with Gasteiger partial charge in [0.1, 0.15) is 17.7 Å². The number of hydrogen-bond acceptors (Lipinski definition) is 3. The molecule has 2 aromatic carbocycles. The minimum Gasteiger partial charge on any atom is -0.344 e. The van der Waals surface area contributed by atoms with Crippen molar-refractivity contribution in [1.29, 1.82) is 0 Å². The molecule has 0 spiro atoms. The third-order valence-electron chi connectivity index (χ3n) is 5.76. The van der Waals surface area contributed by atoms with Gasteiger partial charge in [0.2, 0.25) is 11.8 Å². The standard InChI is InChI=1S/C25H31F2N3O2/c1-17(28-24(32)25(2,3)4)23(31)30-15-13-29(14-16-30)22(18-5-9-20(26)10-6-18)19-7-11-21(27)12-8-19/h5-12,17,22H,13-16H2,1-4H3,(H,28,32). The Morgan fingerprint density at radius 1 is 0.844 bits per heavy atom. The fraction of sp³-hybridized carbons (Fsp3) is 0.440.